The average Bonchev–Trinajstić information content (AvgIpc) is 1.82. The number of ether oxygens (including phenoxy) is 1. The van der Waals surface area contributed by atoms with Crippen molar-refractivity contribution in [1.29, 1.82) is 0 Å². The summed E-state index contributed by atoms with van der Waals surface area (Å²) in [5.74, 6) is 0. The molecule has 1 unspecified atom stereocenters. The Kier molecular flexibility index (Phi) is 3.96. The van der Waals surface area contributed by atoms with E-state index in [-0.39, 0.29) is 11.5 Å². The van der Waals surface area contributed by atoms with E-state index in [9.17, 15) is 10.1 Å². The summed E-state index contributed by atoms with van der Waals surface area (Å²) in [4.78, 5) is 9.58. The van der Waals surface area contributed by atoms with Crippen LogP contribution < -0.4 is 0 Å². The molecule has 0 N–H and O–H groups in total. The molecule has 0 aliphatic heterocycles. The maximum absolute atomic E-state index is 9.93. The molecular weight excluding hydrogens is 122 g/mol. The maximum Gasteiger partial charge on any atom is 0.233 e. The molecule has 0 spiro atoms. The second-order valence-corrected chi connectivity index (χ2v) is 1.79. The molecule has 1 atom stereocenters. The summed E-state index contributed by atoms with van der Waals surface area (Å²) >= 11 is 0. The van der Waals surface area contributed by atoms with E-state index < -0.39 is 6.04 Å². The monoisotopic (exact) mass is 133 g/mol. The van der Waals surface area contributed by atoms with Crippen LogP contribution in [0.5, 0.6) is 0 Å². The Morgan fingerprint density at radius 2 is 2.33 bits per heavy atom. The van der Waals surface area contributed by atoms with Gasteiger partial charge in [0, 0.05) is 18.5 Å². The van der Waals surface area contributed by atoms with Gasteiger partial charge in [0.2, 0.25) is 6.04 Å². The molecule has 9 heavy (non-hydrogen) atoms. The lowest BCUT2D eigenvalue weighted by Crippen LogP contribution is -2.21. The van der Waals surface area contributed by atoms with E-state index in [2.05, 4.69) is 0 Å². The van der Waals surface area contributed by atoms with Crippen LogP contribution >= 0.6 is 0 Å². The van der Waals surface area contributed by atoms with Gasteiger partial charge in [0.25, 0.3) is 0 Å². The fraction of sp³-hybridized carbons (Fsp3) is 1.00. The van der Waals surface area contributed by atoms with Crippen LogP contribution in [-0.2, 0) is 4.74 Å². The normalized spacial score (nSPS) is 13.1. The van der Waals surface area contributed by atoms with Gasteiger partial charge < -0.3 is 4.74 Å². The van der Waals surface area contributed by atoms with Crippen LogP contribution in [0.4, 0.5) is 0 Å². The third-order valence-electron chi connectivity index (χ3n) is 0.923. The maximum atomic E-state index is 9.93. The molecule has 0 heterocycles. The topological polar surface area (TPSA) is 52.4 Å². The van der Waals surface area contributed by atoms with Crippen molar-refractivity contribution in [2.75, 3.05) is 13.2 Å². The number of hydrogen-bond donors (Lipinski definition) is 0. The summed E-state index contributed by atoms with van der Waals surface area (Å²) in [6.07, 6.45) is 0. The molecule has 4 nitrogen and oxygen atoms in total. The molecule has 0 saturated heterocycles. The van der Waals surface area contributed by atoms with Gasteiger partial charge in [-0.05, 0) is 6.92 Å². The Morgan fingerprint density at radius 3 is 2.67 bits per heavy atom. The molecule has 54 valence electrons. The van der Waals surface area contributed by atoms with Crippen molar-refractivity contribution in [3.63, 3.8) is 0 Å². The predicted octanol–water partition coefficient (Wildman–Crippen LogP) is 0.688. The van der Waals surface area contributed by atoms with Crippen LogP contribution in [0, 0.1) is 10.1 Å². The standard InChI is InChI=1S/C5H11NO3/c1-3-9-4-5(2)6(7)8/h5H,3-4H2,1-2H3. The van der Waals surface area contributed by atoms with Crippen LogP contribution in [0.1, 0.15) is 13.8 Å². The smallest absolute Gasteiger partial charge is 0.233 e. The third kappa shape index (κ3) is 3.90. The van der Waals surface area contributed by atoms with Crippen molar-refractivity contribution in [3.8, 4) is 0 Å². The van der Waals surface area contributed by atoms with Gasteiger partial charge in [-0.15, -0.1) is 0 Å². The first-order chi connectivity index (χ1) is 4.18. The Morgan fingerprint density at radius 1 is 1.78 bits per heavy atom. The van der Waals surface area contributed by atoms with Gasteiger partial charge in [-0.2, -0.15) is 0 Å². The lowest BCUT2D eigenvalue weighted by Gasteiger charge is -2.01. The molecule has 0 rings (SSSR count). The first-order valence-corrected chi connectivity index (χ1v) is 2.89. The summed E-state index contributed by atoms with van der Waals surface area (Å²) in [6, 6.07) is -0.579. The van der Waals surface area contributed by atoms with Gasteiger partial charge in [0.1, 0.15) is 6.61 Å². The Balaban J connectivity index is 3.27. The minimum Gasteiger partial charge on any atom is -0.375 e. The van der Waals surface area contributed by atoms with E-state index in [1.807, 2.05) is 6.92 Å². The van der Waals surface area contributed by atoms with E-state index in [1.165, 1.54) is 6.92 Å². The number of nitrogens with zero attached hydrogens (tertiary/aromatic N) is 1. The molecule has 0 aliphatic rings. The molecule has 0 aromatic rings. The van der Waals surface area contributed by atoms with E-state index in [4.69, 9.17) is 4.74 Å². The van der Waals surface area contributed by atoms with Gasteiger partial charge in [0.15, 0.2) is 0 Å². The largest absolute Gasteiger partial charge is 0.375 e. The predicted molar refractivity (Wildman–Crippen MR) is 32.9 cm³/mol. The van der Waals surface area contributed by atoms with Crippen molar-refractivity contribution in [3.05, 3.63) is 10.1 Å². The highest BCUT2D eigenvalue weighted by atomic mass is 16.6. The zero-order valence-electron chi connectivity index (χ0n) is 5.66. The molecule has 0 bridgehead atoms. The van der Waals surface area contributed by atoms with Crippen molar-refractivity contribution >= 4 is 0 Å². The zero-order valence-corrected chi connectivity index (χ0v) is 5.66. The first kappa shape index (κ1) is 8.36. The minimum absolute atomic E-state index is 0.212. The molecular formula is C5H11NO3. The number of hydrogen-bond acceptors (Lipinski definition) is 3. The van der Waals surface area contributed by atoms with Crippen molar-refractivity contribution in [2.24, 2.45) is 0 Å². The number of rotatable bonds is 4. The van der Waals surface area contributed by atoms with Gasteiger partial charge in [-0.25, -0.2) is 0 Å². The van der Waals surface area contributed by atoms with Gasteiger partial charge in [-0.3, -0.25) is 10.1 Å². The minimum atomic E-state index is -0.579. The Hall–Kier alpha value is -0.640. The van der Waals surface area contributed by atoms with Crippen LogP contribution in [0.15, 0.2) is 0 Å². The first-order valence-electron chi connectivity index (χ1n) is 2.89. The molecule has 0 radical (unpaired) electrons. The van der Waals surface area contributed by atoms with Crippen LogP contribution in [-0.4, -0.2) is 24.2 Å². The summed E-state index contributed by atoms with van der Waals surface area (Å²) in [7, 11) is 0. The molecule has 0 aliphatic carbocycles. The van der Waals surface area contributed by atoms with Crippen LogP contribution in [0.2, 0.25) is 0 Å². The molecule has 0 amide bonds. The third-order valence-corrected chi connectivity index (χ3v) is 0.923. The summed E-state index contributed by atoms with van der Waals surface area (Å²) in [5, 5.41) is 9.93. The Bertz CT molecular complexity index is 94.2. The Labute approximate surface area is 54.0 Å². The van der Waals surface area contributed by atoms with Gasteiger partial charge >= 0.3 is 0 Å². The fourth-order valence-corrected chi connectivity index (χ4v) is 0.349. The highest BCUT2D eigenvalue weighted by molar-refractivity contribution is 4.42. The second-order valence-electron chi connectivity index (χ2n) is 1.79. The fourth-order valence-electron chi connectivity index (χ4n) is 0.349. The summed E-state index contributed by atoms with van der Waals surface area (Å²) in [6.45, 7) is 4.09. The lowest BCUT2D eigenvalue weighted by atomic mass is 10.4. The van der Waals surface area contributed by atoms with E-state index >= 15 is 0 Å². The zero-order chi connectivity index (χ0) is 7.28. The van der Waals surface area contributed by atoms with Gasteiger partial charge in [0.05, 0.1) is 0 Å². The summed E-state index contributed by atoms with van der Waals surface area (Å²) < 4.78 is 4.81. The molecule has 0 aromatic carbocycles. The van der Waals surface area contributed by atoms with Crippen LogP contribution in [0.25, 0.3) is 0 Å². The van der Waals surface area contributed by atoms with Crippen molar-refractivity contribution < 1.29 is 9.66 Å². The molecule has 4 heteroatoms. The molecule has 0 aromatic heterocycles. The van der Waals surface area contributed by atoms with E-state index in [1.54, 1.807) is 0 Å². The molecule has 0 saturated carbocycles. The summed E-state index contributed by atoms with van der Waals surface area (Å²) in [5.41, 5.74) is 0. The lowest BCUT2D eigenvalue weighted by molar-refractivity contribution is -0.521. The van der Waals surface area contributed by atoms with Crippen LogP contribution in [0.3, 0.4) is 0 Å². The average molecular weight is 133 g/mol. The SMILES string of the molecule is CCOCC(C)[N+](=O)[O-]. The second kappa shape index (κ2) is 4.26. The number of nitro groups is 1. The van der Waals surface area contributed by atoms with E-state index in [0.29, 0.717) is 6.61 Å². The quantitative estimate of drug-likeness (QED) is 0.418. The van der Waals surface area contributed by atoms with Gasteiger partial charge in [-0.1, -0.05) is 0 Å². The van der Waals surface area contributed by atoms with Crippen molar-refractivity contribution in [1.82, 2.24) is 0 Å². The van der Waals surface area contributed by atoms with E-state index in [0.717, 1.165) is 0 Å². The molecule has 0 fully saturated rings. The van der Waals surface area contributed by atoms with Crippen molar-refractivity contribution in [2.45, 2.75) is 19.9 Å². The highest BCUT2D eigenvalue weighted by Gasteiger charge is 2.10. The highest BCUT2D eigenvalue weighted by Crippen LogP contribution is 1.87.